The van der Waals surface area contributed by atoms with Crippen molar-refractivity contribution in [2.24, 2.45) is 11.8 Å². The Hall–Kier alpha value is -2.16. The first-order valence-electron chi connectivity index (χ1n) is 9.99. The molecule has 1 aliphatic carbocycles. The third-order valence-corrected chi connectivity index (χ3v) is 6.21. The zero-order valence-corrected chi connectivity index (χ0v) is 17.7. The lowest BCUT2D eigenvalue weighted by atomic mass is 9.97. The lowest BCUT2D eigenvalue weighted by Crippen LogP contribution is -2.49. The van der Waals surface area contributed by atoms with Crippen LogP contribution in [-0.2, 0) is 11.2 Å². The molecule has 4 nitrogen and oxygen atoms in total. The third-order valence-electron chi connectivity index (χ3n) is 5.28. The largest absolute Gasteiger partial charge is 0.337 e. The SMILES string of the molecule is CC(C)Cc1ccc([C@H](NCC(=O)N[C@](C)(C#N)C2CC2)c2cccs2)cc1. The van der Waals surface area contributed by atoms with Gasteiger partial charge in [-0.2, -0.15) is 5.26 Å². The summed E-state index contributed by atoms with van der Waals surface area (Å²) in [7, 11) is 0. The number of thiophene rings is 1. The molecule has 2 atom stereocenters. The minimum atomic E-state index is -0.754. The molecule has 0 unspecified atom stereocenters. The van der Waals surface area contributed by atoms with Crippen molar-refractivity contribution in [3.05, 3.63) is 57.8 Å². The van der Waals surface area contributed by atoms with Crippen molar-refractivity contribution in [3.8, 4) is 6.07 Å². The normalized spacial score (nSPS) is 17.0. The van der Waals surface area contributed by atoms with E-state index in [1.807, 2.05) is 13.0 Å². The Balaban J connectivity index is 1.68. The van der Waals surface area contributed by atoms with Gasteiger partial charge in [0.15, 0.2) is 0 Å². The molecule has 2 aromatic rings. The highest BCUT2D eigenvalue weighted by molar-refractivity contribution is 7.10. The number of rotatable bonds is 9. The molecule has 1 amide bonds. The van der Waals surface area contributed by atoms with Crippen molar-refractivity contribution in [1.29, 1.82) is 5.26 Å². The van der Waals surface area contributed by atoms with Crippen LogP contribution in [0.25, 0.3) is 0 Å². The Morgan fingerprint density at radius 3 is 2.54 bits per heavy atom. The second-order valence-corrected chi connectivity index (χ2v) is 9.28. The van der Waals surface area contributed by atoms with E-state index in [1.54, 1.807) is 11.3 Å². The third kappa shape index (κ3) is 5.21. The van der Waals surface area contributed by atoms with Gasteiger partial charge in [0, 0.05) is 4.88 Å². The minimum absolute atomic E-state index is 0.0342. The highest BCUT2D eigenvalue weighted by Gasteiger charge is 2.42. The van der Waals surface area contributed by atoms with Crippen molar-refractivity contribution in [2.75, 3.05) is 6.54 Å². The quantitative estimate of drug-likeness (QED) is 0.660. The van der Waals surface area contributed by atoms with Crippen LogP contribution in [0, 0.1) is 23.2 Å². The van der Waals surface area contributed by atoms with E-state index in [2.05, 4.69) is 66.3 Å². The molecule has 1 aliphatic rings. The van der Waals surface area contributed by atoms with Gasteiger partial charge in [-0.3, -0.25) is 10.1 Å². The summed E-state index contributed by atoms with van der Waals surface area (Å²) < 4.78 is 0. The highest BCUT2D eigenvalue weighted by atomic mass is 32.1. The average molecular weight is 396 g/mol. The first kappa shape index (κ1) is 20.6. The second kappa shape index (κ2) is 8.89. The molecule has 1 heterocycles. The molecule has 0 radical (unpaired) electrons. The van der Waals surface area contributed by atoms with Gasteiger partial charge in [-0.05, 0) is 60.6 Å². The van der Waals surface area contributed by atoms with Crippen molar-refractivity contribution < 1.29 is 4.79 Å². The van der Waals surface area contributed by atoms with Crippen LogP contribution in [0.1, 0.15) is 55.7 Å². The van der Waals surface area contributed by atoms with Gasteiger partial charge in [-0.1, -0.05) is 44.2 Å². The highest BCUT2D eigenvalue weighted by Crippen LogP contribution is 2.39. The van der Waals surface area contributed by atoms with Crippen LogP contribution in [0.15, 0.2) is 41.8 Å². The van der Waals surface area contributed by atoms with Gasteiger partial charge < -0.3 is 5.32 Å². The van der Waals surface area contributed by atoms with Crippen LogP contribution in [0.4, 0.5) is 0 Å². The lowest BCUT2D eigenvalue weighted by molar-refractivity contribution is -0.121. The first-order valence-corrected chi connectivity index (χ1v) is 10.9. The minimum Gasteiger partial charge on any atom is -0.337 e. The number of amides is 1. The Labute approximate surface area is 172 Å². The molecule has 0 aliphatic heterocycles. The Kier molecular flexibility index (Phi) is 6.53. The smallest absolute Gasteiger partial charge is 0.235 e. The number of carbonyl (C=O) groups excluding carboxylic acids is 1. The van der Waals surface area contributed by atoms with E-state index in [9.17, 15) is 10.1 Å². The van der Waals surface area contributed by atoms with E-state index in [4.69, 9.17) is 0 Å². The van der Waals surface area contributed by atoms with E-state index in [0.717, 1.165) is 24.8 Å². The van der Waals surface area contributed by atoms with Crippen molar-refractivity contribution in [3.63, 3.8) is 0 Å². The van der Waals surface area contributed by atoms with Gasteiger partial charge in [-0.25, -0.2) is 0 Å². The molecule has 1 saturated carbocycles. The number of nitriles is 1. The number of carbonyl (C=O) groups is 1. The van der Waals surface area contributed by atoms with Gasteiger partial charge in [-0.15, -0.1) is 11.3 Å². The number of hydrogen-bond acceptors (Lipinski definition) is 4. The van der Waals surface area contributed by atoms with E-state index < -0.39 is 5.54 Å². The van der Waals surface area contributed by atoms with Gasteiger partial charge in [0.05, 0.1) is 18.7 Å². The Bertz CT molecular complexity index is 819. The van der Waals surface area contributed by atoms with Crippen molar-refractivity contribution in [2.45, 2.75) is 51.6 Å². The number of nitrogens with zero attached hydrogens (tertiary/aromatic N) is 1. The van der Waals surface area contributed by atoms with Gasteiger partial charge in [0.25, 0.3) is 0 Å². The zero-order chi connectivity index (χ0) is 20.1. The summed E-state index contributed by atoms with van der Waals surface area (Å²) in [5.74, 6) is 0.777. The second-order valence-electron chi connectivity index (χ2n) is 8.31. The van der Waals surface area contributed by atoms with Crippen LogP contribution in [0.2, 0.25) is 0 Å². The van der Waals surface area contributed by atoms with Crippen LogP contribution < -0.4 is 10.6 Å². The van der Waals surface area contributed by atoms with Crippen molar-refractivity contribution in [1.82, 2.24) is 10.6 Å². The Morgan fingerprint density at radius 1 is 1.29 bits per heavy atom. The molecule has 2 N–H and O–H groups in total. The predicted octanol–water partition coefficient (Wildman–Crippen LogP) is 4.43. The van der Waals surface area contributed by atoms with Gasteiger partial charge >= 0.3 is 0 Å². The summed E-state index contributed by atoms with van der Waals surface area (Å²) in [5, 5.41) is 17.8. The molecule has 148 valence electrons. The van der Waals surface area contributed by atoms with E-state index in [-0.39, 0.29) is 24.4 Å². The molecular weight excluding hydrogens is 366 g/mol. The zero-order valence-electron chi connectivity index (χ0n) is 16.9. The number of hydrogen-bond donors (Lipinski definition) is 2. The van der Waals surface area contributed by atoms with E-state index in [1.165, 1.54) is 10.4 Å². The standard InChI is InChI=1S/C23H29N3OS/c1-16(2)13-17-6-8-18(9-7-17)22(20-5-4-12-28-20)25-14-21(27)26-23(3,15-24)19-10-11-19/h4-9,12,16,19,22,25H,10-11,13-14H2,1-3H3,(H,26,27)/t22-,23+/m0/s1. The molecule has 0 spiro atoms. The summed E-state index contributed by atoms with van der Waals surface area (Å²) in [6.45, 7) is 6.45. The van der Waals surface area contributed by atoms with Crippen LogP contribution in [0.5, 0.6) is 0 Å². The van der Waals surface area contributed by atoms with E-state index in [0.29, 0.717) is 5.92 Å². The summed E-state index contributed by atoms with van der Waals surface area (Å²) in [5.41, 5.74) is 1.72. The molecular formula is C23H29N3OS. The van der Waals surface area contributed by atoms with Crippen LogP contribution in [0.3, 0.4) is 0 Å². The monoisotopic (exact) mass is 395 g/mol. The average Bonchev–Trinajstić information content (AvgIpc) is 3.40. The number of benzene rings is 1. The van der Waals surface area contributed by atoms with E-state index >= 15 is 0 Å². The maximum Gasteiger partial charge on any atom is 0.235 e. The summed E-state index contributed by atoms with van der Waals surface area (Å²) >= 11 is 1.68. The summed E-state index contributed by atoms with van der Waals surface area (Å²) in [4.78, 5) is 13.7. The van der Waals surface area contributed by atoms with Crippen LogP contribution >= 0.6 is 11.3 Å². The summed E-state index contributed by atoms with van der Waals surface area (Å²) in [6, 6.07) is 15.0. The fourth-order valence-corrected chi connectivity index (χ4v) is 4.39. The molecule has 28 heavy (non-hydrogen) atoms. The maximum atomic E-state index is 12.5. The Morgan fingerprint density at radius 2 is 2.00 bits per heavy atom. The molecule has 0 saturated heterocycles. The topological polar surface area (TPSA) is 64.9 Å². The lowest BCUT2D eigenvalue weighted by Gasteiger charge is -2.24. The molecule has 1 aromatic heterocycles. The fourth-order valence-electron chi connectivity index (χ4n) is 3.57. The molecule has 1 aromatic carbocycles. The molecule has 0 bridgehead atoms. The summed E-state index contributed by atoms with van der Waals surface area (Å²) in [6.07, 6.45) is 3.09. The molecule has 5 heteroatoms. The van der Waals surface area contributed by atoms with Crippen molar-refractivity contribution >= 4 is 17.2 Å². The van der Waals surface area contributed by atoms with Gasteiger partial charge in [0.1, 0.15) is 5.54 Å². The fraction of sp³-hybridized carbons (Fsp3) is 0.478. The molecule has 1 fully saturated rings. The molecule has 3 rings (SSSR count). The van der Waals surface area contributed by atoms with Crippen LogP contribution in [-0.4, -0.2) is 18.0 Å². The predicted molar refractivity (Wildman–Crippen MR) is 114 cm³/mol. The first-order chi connectivity index (χ1) is 13.4. The maximum absolute atomic E-state index is 12.5. The van der Waals surface area contributed by atoms with Gasteiger partial charge in [0.2, 0.25) is 5.91 Å². The number of nitrogens with one attached hydrogen (secondary N) is 2.